The van der Waals surface area contributed by atoms with Crippen molar-refractivity contribution >= 4 is 11.7 Å². The number of amides is 2. The molecule has 0 bridgehead atoms. The van der Waals surface area contributed by atoms with E-state index in [0.717, 1.165) is 37.5 Å². The van der Waals surface area contributed by atoms with Crippen LogP contribution in [0, 0.1) is 18.6 Å². The quantitative estimate of drug-likeness (QED) is 0.905. The van der Waals surface area contributed by atoms with Crippen LogP contribution in [0.1, 0.15) is 43.4 Å². The summed E-state index contributed by atoms with van der Waals surface area (Å²) in [6.07, 6.45) is 3.42. The van der Waals surface area contributed by atoms with Crippen LogP contribution in [0.25, 0.3) is 0 Å². The van der Waals surface area contributed by atoms with E-state index in [1.54, 1.807) is 11.8 Å². The van der Waals surface area contributed by atoms with E-state index in [9.17, 15) is 13.6 Å². The largest absolute Gasteiger partial charge is 0.340 e. The third kappa shape index (κ3) is 3.52. The zero-order valence-corrected chi connectivity index (χ0v) is 13.3. The van der Waals surface area contributed by atoms with E-state index >= 15 is 0 Å². The lowest BCUT2D eigenvalue weighted by molar-refractivity contribution is 0.184. The van der Waals surface area contributed by atoms with Crippen LogP contribution in [-0.4, -0.2) is 27.6 Å². The zero-order valence-electron chi connectivity index (χ0n) is 13.3. The first-order valence-electron chi connectivity index (χ1n) is 7.87. The van der Waals surface area contributed by atoms with Gasteiger partial charge in [-0.1, -0.05) is 18.0 Å². The van der Waals surface area contributed by atoms with E-state index < -0.39 is 17.7 Å². The number of anilines is 1. The Kier molecular flexibility index (Phi) is 4.73. The number of rotatable bonds is 2. The second-order valence-electron chi connectivity index (χ2n) is 5.78. The van der Waals surface area contributed by atoms with Crippen LogP contribution in [0.4, 0.5) is 19.3 Å². The molecule has 128 valence electrons. The van der Waals surface area contributed by atoms with E-state index in [2.05, 4.69) is 15.5 Å². The van der Waals surface area contributed by atoms with Crippen molar-refractivity contribution in [2.24, 2.45) is 0 Å². The summed E-state index contributed by atoms with van der Waals surface area (Å²) in [4.78, 5) is 18.4. The Labute approximate surface area is 137 Å². The molecule has 1 aliphatic heterocycles. The monoisotopic (exact) mass is 336 g/mol. The van der Waals surface area contributed by atoms with Crippen molar-refractivity contribution in [3.05, 3.63) is 41.5 Å². The van der Waals surface area contributed by atoms with Gasteiger partial charge in [0.1, 0.15) is 11.6 Å². The first-order valence-corrected chi connectivity index (χ1v) is 7.87. The number of hydrogen-bond acceptors (Lipinski definition) is 4. The van der Waals surface area contributed by atoms with Crippen LogP contribution in [-0.2, 0) is 0 Å². The molecule has 8 heteroatoms. The highest BCUT2D eigenvalue weighted by Crippen LogP contribution is 2.29. The lowest BCUT2D eigenvalue weighted by Gasteiger charge is -2.28. The van der Waals surface area contributed by atoms with Gasteiger partial charge in [-0.15, -0.1) is 0 Å². The lowest BCUT2D eigenvalue weighted by atomic mass is 10.1. The Morgan fingerprint density at radius 3 is 2.92 bits per heavy atom. The Bertz CT molecular complexity index is 735. The minimum atomic E-state index is -0.688. The van der Waals surface area contributed by atoms with Gasteiger partial charge in [-0.3, -0.25) is 0 Å². The van der Waals surface area contributed by atoms with Gasteiger partial charge in [0, 0.05) is 19.5 Å². The topological polar surface area (TPSA) is 71.3 Å². The highest BCUT2D eigenvalue weighted by molar-refractivity contribution is 5.89. The van der Waals surface area contributed by atoms with Gasteiger partial charge in [-0.25, -0.2) is 13.6 Å². The van der Waals surface area contributed by atoms with E-state index in [-0.39, 0.29) is 11.7 Å². The summed E-state index contributed by atoms with van der Waals surface area (Å²) in [6.45, 7) is 2.17. The van der Waals surface area contributed by atoms with E-state index in [4.69, 9.17) is 4.52 Å². The zero-order chi connectivity index (χ0) is 17.1. The Morgan fingerprint density at radius 1 is 1.33 bits per heavy atom. The van der Waals surface area contributed by atoms with Gasteiger partial charge in [-0.05, 0) is 25.0 Å². The molecule has 3 rings (SSSR count). The van der Waals surface area contributed by atoms with Crippen molar-refractivity contribution in [1.82, 2.24) is 15.0 Å². The summed E-state index contributed by atoms with van der Waals surface area (Å²) in [5.74, 6) is -0.450. The van der Waals surface area contributed by atoms with Crippen LogP contribution in [0.3, 0.4) is 0 Å². The first-order chi connectivity index (χ1) is 11.5. The van der Waals surface area contributed by atoms with Crippen molar-refractivity contribution in [2.45, 2.75) is 38.6 Å². The normalized spacial score (nSPS) is 18.3. The maximum Gasteiger partial charge on any atom is 0.322 e. The van der Waals surface area contributed by atoms with E-state index in [1.807, 2.05) is 0 Å². The molecule has 2 aromatic rings. The summed E-state index contributed by atoms with van der Waals surface area (Å²) in [6, 6.07) is 2.09. The predicted octanol–water partition coefficient (Wildman–Crippen LogP) is 3.81. The van der Waals surface area contributed by atoms with Crippen LogP contribution in [0.5, 0.6) is 0 Å². The molecule has 1 fully saturated rings. The molecule has 1 aromatic carbocycles. The first kappa shape index (κ1) is 16.4. The molecular formula is C16H18F2N4O2. The molecule has 2 amide bonds. The summed E-state index contributed by atoms with van der Waals surface area (Å²) in [7, 11) is 0. The maximum absolute atomic E-state index is 13.8. The Morgan fingerprint density at radius 2 is 2.17 bits per heavy atom. The summed E-state index contributed by atoms with van der Waals surface area (Å²) >= 11 is 0. The number of nitrogens with zero attached hydrogens (tertiary/aromatic N) is 3. The number of aromatic nitrogens is 2. The average molecular weight is 336 g/mol. The molecule has 0 radical (unpaired) electrons. The second-order valence-corrected chi connectivity index (χ2v) is 5.78. The van der Waals surface area contributed by atoms with Crippen molar-refractivity contribution in [2.75, 3.05) is 11.9 Å². The lowest BCUT2D eigenvalue weighted by Crippen LogP contribution is -2.38. The molecule has 0 saturated carbocycles. The molecule has 0 aliphatic carbocycles. The molecule has 24 heavy (non-hydrogen) atoms. The number of hydrogen-bond donors (Lipinski definition) is 1. The molecule has 1 aliphatic rings. The molecule has 6 nitrogen and oxygen atoms in total. The number of urea groups is 1. The second kappa shape index (κ2) is 6.94. The van der Waals surface area contributed by atoms with Gasteiger partial charge in [0.25, 0.3) is 0 Å². The van der Waals surface area contributed by atoms with Gasteiger partial charge in [0.15, 0.2) is 5.82 Å². The van der Waals surface area contributed by atoms with Crippen LogP contribution >= 0.6 is 0 Å². The van der Waals surface area contributed by atoms with E-state index in [0.29, 0.717) is 24.7 Å². The fraction of sp³-hybridized carbons (Fsp3) is 0.438. The smallest absolute Gasteiger partial charge is 0.322 e. The molecular weight excluding hydrogens is 318 g/mol. The Hall–Kier alpha value is -2.51. The van der Waals surface area contributed by atoms with Crippen molar-refractivity contribution in [3.8, 4) is 0 Å². The Balaban J connectivity index is 1.83. The minimum absolute atomic E-state index is 0.188. The SMILES string of the molecule is Cc1nc([C@@H]2CCCCCN2C(=O)Nc2cc(F)ccc2F)no1. The van der Waals surface area contributed by atoms with Crippen LogP contribution < -0.4 is 5.32 Å². The van der Waals surface area contributed by atoms with Crippen molar-refractivity contribution < 1.29 is 18.1 Å². The summed E-state index contributed by atoms with van der Waals surface area (Å²) in [5, 5.41) is 6.35. The number of halogens is 2. The van der Waals surface area contributed by atoms with Gasteiger partial charge in [0.05, 0.1) is 11.7 Å². The predicted molar refractivity (Wildman–Crippen MR) is 82.3 cm³/mol. The van der Waals surface area contributed by atoms with E-state index in [1.165, 1.54) is 0 Å². The highest BCUT2D eigenvalue weighted by Gasteiger charge is 2.30. The van der Waals surface area contributed by atoms with Gasteiger partial charge in [-0.2, -0.15) is 4.98 Å². The minimum Gasteiger partial charge on any atom is -0.340 e. The number of nitrogens with one attached hydrogen (secondary N) is 1. The van der Waals surface area contributed by atoms with Gasteiger partial charge in [0.2, 0.25) is 5.89 Å². The van der Waals surface area contributed by atoms with Crippen molar-refractivity contribution in [1.29, 1.82) is 0 Å². The number of aryl methyl sites for hydroxylation is 1. The highest BCUT2D eigenvalue weighted by atomic mass is 19.1. The number of likely N-dealkylation sites (tertiary alicyclic amines) is 1. The third-order valence-corrected chi connectivity index (χ3v) is 4.02. The molecule has 1 N–H and O–H groups in total. The number of carbonyl (C=O) groups excluding carboxylic acids is 1. The number of carbonyl (C=O) groups is 1. The number of benzene rings is 1. The third-order valence-electron chi connectivity index (χ3n) is 4.02. The van der Waals surface area contributed by atoms with Crippen LogP contribution in [0.15, 0.2) is 22.7 Å². The summed E-state index contributed by atoms with van der Waals surface area (Å²) in [5.41, 5.74) is -0.188. The fourth-order valence-electron chi connectivity index (χ4n) is 2.85. The molecule has 0 spiro atoms. The summed E-state index contributed by atoms with van der Waals surface area (Å²) < 4.78 is 32.1. The molecule has 2 heterocycles. The molecule has 1 aromatic heterocycles. The molecule has 0 unspecified atom stereocenters. The van der Waals surface area contributed by atoms with Gasteiger partial charge >= 0.3 is 6.03 Å². The fourth-order valence-corrected chi connectivity index (χ4v) is 2.85. The molecule has 1 saturated heterocycles. The van der Waals surface area contributed by atoms with Crippen molar-refractivity contribution in [3.63, 3.8) is 0 Å². The average Bonchev–Trinajstić information content (AvgIpc) is 2.83. The maximum atomic E-state index is 13.8. The molecule has 1 atom stereocenters. The van der Waals surface area contributed by atoms with Crippen LogP contribution in [0.2, 0.25) is 0 Å². The standard InChI is InChI=1S/C16H18F2N4O2/c1-10-19-15(21-24-10)14-5-3-2-4-8-22(14)16(23)20-13-9-11(17)6-7-12(13)18/h6-7,9,14H,2-5,8H2,1H3,(H,20,23)/t14-/m0/s1. The van der Waals surface area contributed by atoms with Gasteiger partial charge < -0.3 is 14.7 Å².